The minimum Gasteiger partial charge on any atom is -0.459 e. The quantitative estimate of drug-likeness (QED) is 0.912. The van der Waals surface area contributed by atoms with E-state index < -0.39 is 0 Å². The van der Waals surface area contributed by atoms with E-state index in [9.17, 15) is 9.59 Å². The fourth-order valence-corrected chi connectivity index (χ4v) is 3.27. The molecule has 0 radical (unpaired) electrons. The number of anilines is 2. The standard InChI is InChI=1S/C19H22N4O3/c24-18(14-3-1-4-14)21-17-7-6-15(13-20-17)22-8-10-23(11-9-22)19(25)16-5-2-12-26-16/h2,5-7,12-14H,1,3-4,8-11H2,(H,20,21,24). The first-order chi connectivity index (χ1) is 12.7. The molecule has 4 rings (SSSR count). The van der Waals surface area contributed by atoms with Crippen molar-refractivity contribution in [2.45, 2.75) is 19.3 Å². The summed E-state index contributed by atoms with van der Waals surface area (Å²) < 4.78 is 5.18. The van der Waals surface area contributed by atoms with Gasteiger partial charge >= 0.3 is 0 Å². The van der Waals surface area contributed by atoms with Gasteiger partial charge in [0, 0.05) is 32.1 Å². The highest BCUT2D eigenvalue weighted by Gasteiger charge is 2.26. The molecule has 136 valence electrons. The zero-order chi connectivity index (χ0) is 17.9. The SMILES string of the molecule is O=C(Nc1ccc(N2CCN(C(=O)c3ccco3)CC2)cn1)C1CCC1. The predicted octanol–water partition coefficient (Wildman–Crippen LogP) is 2.38. The van der Waals surface area contributed by atoms with Crippen LogP contribution in [0.2, 0.25) is 0 Å². The predicted molar refractivity (Wildman–Crippen MR) is 97.0 cm³/mol. The summed E-state index contributed by atoms with van der Waals surface area (Å²) in [5.74, 6) is 1.13. The molecule has 2 amide bonds. The molecule has 2 aliphatic rings. The average molecular weight is 354 g/mol. The highest BCUT2D eigenvalue weighted by molar-refractivity contribution is 5.92. The second-order valence-electron chi connectivity index (χ2n) is 6.78. The summed E-state index contributed by atoms with van der Waals surface area (Å²) in [6.07, 6.45) is 6.38. The van der Waals surface area contributed by atoms with Crippen LogP contribution >= 0.6 is 0 Å². The van der Waals surface area contributed by atoms with Crippen molar-refractivity contribution in [1.82, 2.24) is 9.88 Å². The number of piperazine rings is 1. The van der Waals surface area contributed by atoms with Crippen molar-refractivity contribution < 1.29 is 14.0 Å². The lowest BCUT2D eigenvalue weighted by Crippen LogP contribution is -2.48. The Hall–Kier alpha value is -2.83. The van der Waals surface area contributed by atoms with Gasteiger partial charge in [-0.25, -0.2) is 4.98 Å². The van der Waals surface area contributed by atoms with Gasteiger partial charge in [0.1, 0.15) is 5.82 Å². The van der Waals surface area contributed by atoms with Gasteiger partial charge in [-0.2, -0.15) is 0 Å². The number of aromatic nitrogens is 1. The van der Waals surface area contributed by atoms with Crippen molar-refractivity contribution in [3.8, 4) is 0 Å². The lowest BCUT2D eigenvalue weighted by Gasteiger charge is -2.35. The van der Waals surface area contributed by atoms with E-state index in [1.807, 2.05) is 12.1 Å². The Balaban J connectivity index is 1.31. The first-order valence-corrected chi connectivity index (χ1v) is 9.05. The Kier molecular flexibility index (Phi) is 4.60. The Morgan fingerprint density at radius 2 is 1.92 bits per heavy atom. The van der Waals surface area contributed by atoms with Gasteiger partial charge in [-0.3, -0.25) is 9.59 Å². The molecule has 0 atom stereocenters. The minimum atomic E-state index is -0.0678. The Morgan fingerprint density at radius 1 is 1.12 bits per heavy atom. The van der Waals surface area contributed by atoms with E-state index in [2.05, 4.69) is 15.2 Å². The van der Waals surface area contributed by atoms with Crippen LogP contribution in [0.25, 0.3) is 0 Å². The van der Waals surface area contributed by atoms with E-state index in [4.69, 9.17) is 4.42 Å². The van der Waals surface area contributed by atoms with Crippen LogP contribution in [0.3, 0.4) is 0 Å². The number of hydrogen-bond donors (Lipinski definition) is 1. The molecule has 2 aromatic heterocycles. The topological polar surface area (TPSA) is 78.7 Å². The molecule has 1 aliphatic heterocycles. The molecule has 1 saturated carbocycles. The van der Waals surface area contributed by atoms with E-state index >= 15 is 0 Å². The Bertz CT molecular complexity index is 761. The summed E-state index contributed by atoms with van der Waals surface area (Å²) in [6.45, 7) is 2.75. The van der Waals surface area contributed by atoms with Crippen molar-refractivity contribution in [2.24, 2.45) is 5.92 Å². The van der Waals surface area contributed by atoms with E-state index in [1.165, 1.54) is 6.26 Å². The third-order valence-electron chi connectivity index (χ3n) is 5.14. The van der Waals surface area contributed by atoms with E-state index in [0.717, 1.165) is 38.0 Å². The van der Waals surface area contributed by atoms with Gasteiger partial charge in [0.15, 0.2) is 5.76 Å². The molecule has 0 unspecified atom stereocenters. The second-order valence-corrected chi connectivity index (χ2v) is 6.78. The molecule has 1 N–H and O–H groups in total. The molecular weight excluding hydrogens is 332 g/mol. The van der Waals surface area contributed by atoms with Gasteiger partial charge in [-0.15, -0.1) is 0 Å². The minimum absolute atomic E-state index is 0.0678. The second kappa shape index (κ2) is 7.19. The summed E-state index contributed by atoms with van der Waals surface area (Å²) in [6, 6.07) is 7.22. The van der Waals surface area contributed by atoms with Crippen molar-refractivity contribution >= 4 is 23.3 Å². The zero-order valence-electron chi connectivity index (χ0n) is 14.6. The molecule has 0 bridgehead atoms. The van der Waals surface area contributed by atoms with Gasteiger partial charge in [0.2, 0.25) is 5.91 Å². The van der Waals surface area contributed by atoms with Gasteiger partial charge < -0.3 is 19.5 Å². The fraction of sp³-hybridized carbons (Fsp3) is 0.421. The van der Waals surface area contributed by atoms with Crippen LogP contribution in [0.1, 0.15) is 29.8 Å². The molecular formula is C19H22N4O3. The lowest BCUT2D eigenvalue weighted by molar-refractivity contribution is -0.122. The van der Waals surface area contributed by atoms with E-state index in [1.54, 1.807) is 23.2 Å². The number of rotatable bonds is 4. The number of hydrogen-bond acceptors (Lipinski definition) is 5. The highest BCUT2D eigenvalue weighted by Crippen LogP contribution is 2.27. The van der Waals surface area contributed by atoms with Crippen molar-refractivity contribution in [3.63, 3.8) is 0 Å². The largest absolute Gasteiger partial charge is 0.459 e. The van der Waals surface area contributed by atoms with Crippen LogP contribution in [-0.2, 0) is 4.79 Å². The molecule has 3 heterocycles. The molecule has 0 aromatic carbocycles. The van der Waals surface area contributed by atoms with Crippen LogP contribution in [0.15, 0.2) is 41.1 Å². The maximum absolute atomic E-state index is 12.3. The number of furan rings is 1. The number of pyridine rings is 1. The van der Waals surface area contributed by atoms with Gasteiger partial charge in [-0.1, -0.05) is 6.42 Å². The molecule has 7 heteroatoms. The molecule has 1 saturated heterocycles. The van der Waals surface area contributed by atoms with Crippen molar-refractivity contribution in [1.29, 1.82) is 0 Å². The smallest absolute Gasteiger partial charge is 0.289 e. The van der Waals surface area contributed by atoms with Gasteiger partial charge in [-0.05, 0) is 37.1 Å². The van der Waals surface area contributed by atoms with Crippen LogP contribution in [-0.4, -0.2) is 47.9 Å². The van der Waals surface area contributed by atoms with Crippen LogP contribution in [0.5, 0.6) is 0 Å². The third-order valence-corrected chi connectivity index (χ3v) is 5.14. The maximum Gasteiger partial charge on any atom is 0.289 e. The summed E-state index contributed by atoms with van der Waals surface area (Å²) in [4.78, 5) is 32.6. The fourth-order valence-electron chi connectivity index (χ4n) is 3.27. The van der Waals surface area contributed by atoms with Crippen LogP contribution in [0.4, 0.5) is 11.5 Å². The van der Waals surface area contributed by atoms with Crippen molar-refractivity contribution in [3.05, 3.63) is 42.5 Å². The lowest BCUT2D eigenvalue weighted by atomic mass is 9.85. The Morgan fingerprint density at radius 3 is 2.50 bits per heavy atom. The zero-order valence-corrected chi connectivity index (χ0v) is 14.6. The number of amides is 2. The molecule has 7 nitrogen and oxygen atoms in total. The van der Waals surface area contributed by atoms with Crippen LogP contribution < -0.4 is 10.2 Å². The number of carbonyl (C=O) groups is 2. The number of carbonyl (C=O) groups excluding carboxylic acids is 2. The monoisotopic (exact) mass is 354 g/mol. The molecule has 2 aromatic rings. The summed E-state index contributed by atoms with van der Waals surface area (Å²) in [5.41, 5.74) is 0.997. The normalized spacial score (nSPS) is 17.7. The van der Waals surface area contributed by atoms with Crippen LogP contribution in [0, 0.1) is 5.92 Å². The molecule has 26 heavy (non-hydrogen) atoms. The molecule has 1 aliphatic carbocycles. The summed E-state index contributed by atoms with van der Waals surface area (Å²) >= 11 is 0. The first-order valence-electron chi connectivity index (χ1n) is 9.05. The molecule has 0 spiro atoms. The highest BCUT2D eigenvalue weighted by atomic mass is 16.3. The first kappa shape index (κ1) is 16.6. The van der Waals surface area contributed by atoms with Gasteiger partial charge in [0.25, 0.3) is 5.91 Å². The number of nitrogens with one attached hydrogen (secondary N) is 1. The van der Waals surface area contributed by atoms with E-state index in [0.29, 0.717) is 24.7 Å². The summed E-state index contributed by atoms with van der Waals surface area (Å²) in [5, 5.41) is 2.88. The maximum atomic E-state index is 12.3. The van der Waals surface area contributed by atoms with E-state index in [-0.39, 0.29) is 17.7 Å². The van der Waals surface area contributed by atoms with Gasteiger partial charge in [0.05, 0.1) is 18.1 Å². The van der Waals surface area contributed by atoms with Crippen molar-refractivity contribution in [2.75, 3.05) is 36.4 Å². The third kappa shape index (κ3) is 3.42. The summed E-state index contributed by atoms with van der Waals surface area (Å²) in [7, 11) is 0. The molecule has 2 fully saturated rings. The average Bonchev–Trinajstić information content (AvgIpc) is 3.15. The Labute approximate surface area is 152 Å². The number of nitrogens with zero attached hydrogens (tertiary/aromatic N) is 3.